The number of carbonyl (C=O) groups is 1. The molecule has 29 heavy (non-hydrogen) atoms. The van der Waals surface area contributed by atoms with Crippen LogP contribution in [0.1, 0.15) is 24.2 Å². The summed E-state index contributed by atoms with van der Waals surface area (Å²) in [6.07, 6.45) is 0. The highest BCUT2D eigenvalue weighted by Crippen LogP contribution is 2.34. The van der Waals surface area contributed by atoms with Gasteiger partial charge in [0.2, 0.25) is 0 Å². The quantitative estimate of drug-likeness (QED) is 0.580. The maximum Gasteiger partial charge on any atom is 0.269 e. The highest BCUT2D eigenvalue weighted by molar-refractivity contribution is 9.10. The predicted octanol–water partition coefficient (Wildman–Crippen LogP) is 3.80. The number of phenolic OH excluding ortho intramolecular Hbond substituents is 1. The van der Waals surface area contributed by atoms with E-state index in [1.807, 2.05) is 44.2 Å². The Morgan fingerprint density at radius 3 is 2.21 bits per heavy atom. The van der Waals surface area contributed by atoms with E-state index in [2.05, 4.69) is 35.4 Å². The Kier molecular flexibility index (Phi) is 7.91. The molecule has 0 radical (unpaired) electrons. The van der Waals surface area contributed by atoms with Gasteiger partial charge in [0.25, 0.3) is 17.1 Å². The van der Waals surface area contributed by atoms with E-state index in [9.17, 15) is 14.1 Å². The fourth-order valence-corrected chi connectivity index (χ4v) is 3.41. The van der Waals surface area contributed by atoms with Gasteiger partial charge in [0.1, 0.15) is 0 Å². The van der Waals surface area contributed by atoms with Gasteiger partial charge in [-0.2, -0.15) is 0 Å². The zero-order valence-electron chi connectivity index (χ0n) is 16.4. The average Bonchev–Trinajstić information content (AvgIpc) is 3.05. The van der Waals surface area contributed by atoms with Crippen LogP contribution in [-0.4, -0.2) is 45.9 Å². The molecule has 0 bridgehead atoms. The number of amidine groups is 2. The van der Waals surface area contributed by atoms with Gasteiger partial charge in [-0.3, -0.25) is 4.79 Å². The Balaban J connectivity index is 0.00000145. The van der Waals surface area contributed by atoms with Crippen molar-refractivity contribution in [1.29, 1.82) is 0 Å². The largest absolute Gasteiger partial charge is 0.505 e. The van der Waals surface area contributed by atoms with Crippen LogP contribution in [0, 0.1) is 0 Å². The van der Waals surface area contributed by atoms with E-state index >= 15 is 0 Å². The summed E-state index contributed by atoms with van der Waals surface area (Å²) >= 11 is 1.50. The Morgan fingerprint density at radius 2 is 1.62 bits per heavy atom. The number of amides is 1. The van der Waals surface area contributed by atoms with E-state index < -0.39 is 11.2 Å². The first-order valence-corrected chi connectivity index (χ1v) is 10.6. The number of nitrogens with zero attached hydrogens (tertiary/aromatic N) is 3. The molecule has 1 aliphatic rings. The first-order valence-electron chi connectivity index (χ1n) is 8.79. The van der Waals surface area contributed by atoms with Gasteiger partial charge in [-0.15, -0.1) is 8.80 Å². The molecule has 10 heteroatoms. The summed E-state index contributed by atoms with van der Waals surface area (Å²) in [7, 11) is 3.18. The van der Waals surface area contributed by atoms with Crippen LogP contribution in [0.2, 0.25) is 0 Å². The molecule has 1 atom stereocenters. The lowest BCUT2D eigenvalue weighted by molar-refractivity contribution is 0.0824. The minimum Gasteiger partial charge on any atom is -0.505 e. The van der Waals surface area contributed by atoms with Gasteiger partial charge in [0, 0.05) is 24.3 Å². The highest BCUT2D eigenvalue weighted by atomic mass is 79.9. The van der Waals surface area contributed by atoms with Gasteiger partial charge < -0.3 is 20.6 Å². The van der Waals surface area contributed by atoms with Crippen LogP contribution in [0.3, 0.4) is 0 Å². The number of rotatable bonds is 3. The number of benzene rings is 2. The van der Waals surface area contributed by atoms with Crippen LogP contribution >= 0.6 is 15.9 Å². The molecule has 0 saturated heterocycles. The zero-order valence-corrected chi connectivity index (χ0v) is 18.8. The fraction of sp³-hybridized carbons (Fsp3) is 0.211. The molecular weight excluding hydrogens is 458 g/mol. The van der Waals surface area contributed by atoms with Gasteiger partial charge in [-0.05, 0) is 40.2 Å². The number of phenols is 1. The number of para-hydroxylation sites is 1. The van der Waals surface area contributed by atoms with Crippen molar-refractivity contribution in [2.45, 2.75) is 13.8 Å². The van der Waals surface area contributed by atoms with Crippen molar-refractivity contribution in [1.82, 2.24) is 4.90 Å². The third kappa shape index (κ3) is 5.42. The SMILES string of the molecule is CC.CN(C)C(=O)c1c(Br)ccc(NC2=NS(=O)N=C2Nc2ccccc2)c1O. The number of hydrogen-bond acceptors (Lipinski definition) is 5. The summed E-state index contributed by atoms with van der Waals surface area (Å²) in [5, 5.41) is 16.5. The minimum absolute atomic E-state index is 0.110. The van der Waals surface area contributed by atoms with Crippen molar-refractivity contribution < 1.29 is 14.1 Å². The molecule has 1 aliphatic heterocycles. The summed E-state index contributed by atoms with van der Waals surface area (Å²) in [4.78, 5) is 13.7. The molecule has 1 amide bonds. The molecule has 3 N–H and O–H groups in total. The van der Waals surface area contributed by atoms with Gasteiger partial charge in [0.05, 0.1) is 11.3 Å². The number of aromatic hydroxyl groups is 1. The van der Waals surface area contributed by atoms with E-state index in [0.29, 0.717) is 4.47 Å². The molecule has 154 valence electrons. The maximum atomic E-state index is 12.3. The van der Waals surface area contributed by atoms with E-state index in [0.717, 1.165) is 5.69 Å². The minimum atomic E-state index is -1.78. The summed E-state index contributed by atoms with van der Waals surface area (Å²) < 4.78 is 20.1. The molecule has 0 aliphatic carbocycles. The second-order valence-corrected chi connectivity index (χ2v) is 7.43. The molecular formula is C19H22BrN5O3S. The molecule has 0 aromatic heterocycles. The lowest BCUT2D eigenvalue weighted by atomic mass is 10.1. The Bertz CT molecular complexity index is 977. The van der Waals surface area contributed by atoms with Crippen molar-refractivity contribution in [2.75, 3.05) is 24.7 Å². The Morgan fingerprint density at radius 1 is 1.03 bits per heavy atom. The van der Waals surface area contributed by atoms with Crippen LogP contribution in [0.4, 0.5) is 11.4 Å². The van der Waals surface area contributed by atoms with E-state index in [1.165, 1.54) is 4.90 Å². The topological polar surface area (TPSA) is 106 Å². The molecule has 1 heterocycles. The number of nitrogens with one attached hydrogen (secondary N) is 2. The number of anilines is 2. The molecule has 3 rings (SSSR count). The summed E-state index contributed by atoms with van der Waals surface area (Å²) in [5.41, 5.74) is 1.09. The summed E-state index contributed by atoms with van der Waals surface area (Å²) in [5.74, 6) is -0.154. The van der Waals surface area contributed by atoms with Crippen molar-refractivity contribution in [3.8, 4) is 5.75 Å². The normalized spacial score (nSPS) is 14.9. The smallest absolute Gasteiger partial charge is 0.269 e. The lowest BCUT2D eigenvalue weighted by Crippen LogP contribution is -2.28. The predicted molar refractivity (Wildman–Crippen MR) is 122 cm³/mol. The third-order valence-corrected chi connectivity index (χ3v) is 4.94. The van der Waals surface area contributed by atoms with Gasteiger partial charge in [0.15, 0.2) is 17.4 Å². The Labute approximate surface area is 180 Å². The fourth-order valence-electron chi connectivity index (χ4n) is 2.31. The third-order valence-electron chi connectivity index (χ3n) is 3.60. The number of halogens is 1. The Hall–Kier alpha value is -2.72. The molecule has 8 nitrogen and oxygen atoms in total. The monoisotopic (exact) mass is 479 g/mol. The van der Waals surface area contributed by atoms with Crippen LogP contribution in [0.5, 0.6) is 5.75 Å². The summed E-state index contributed by atoms with van der Waals surface area (Å²) in [6.45, 7) is 4.00. The summed E-state index contributed by atoms with van der Waals surface area (Å²) in [6, 6.07) is 12.4. The molecule has 2 aromatic rings. The van der Waals surface area contributed by atoms with Crippen LogP contribution in [-0.2, 0) is 11.2 Å². The van der Waals surface area contributed by atoms with Crippen LogP contribution < -0.4 is 10.6 Å². The second kappa shape index (κ2) is 10.2. The van der Waals surface area contributed by atoms with E-state index in [4.69, 9.17) is 0 Å². The standard InChI is InChI=1S/C17H16BrN5O3S.C2H6/c1-23(2)17(25)13-11(18)8-9-12(14(13)24)20-16-15(21-27(26)22-16)19-10-6-4-3-5-7-10;1-2/h3-9,24H,1-2H3,(H,19,21)(H,20,22);1-2H3. The van der Waals surface area contributed by atoms with Crippen LogP contribution in [0.25, 0.3) is 0 Å². The van der Waals surface area contributed by atoms with Crippen molar-refractivity contribution in [2.24, 2.45) is 8.80 Å². The van der Waals surface area contributed by atoms with Crippen molar-refractivity contribution in [3.05, 3.63) is 52.5 Å². The molecule has 0 fully saturated rings. The van der Waals surface area contributed by atoms with Crippen LogP contribution in [0.15, 0.2) is 55.7 Å². The average molecular weight is 480 g/mol. The van der Waals surface area contributed by atoms with E-state index in [1.54, 1.807) is 26.2 Å². The first-order chi connectivity index (χ1) is 13.9. The number of hydrogen-bond donors (Lipinski definition) is 3. The van der Waals surface area contributed by atoms with Gasteiger partial charge in [-0.25, -0.2) is 4.21 Å². The van der Waals surface area contributed by atoms with Crippen molar-refractivity contribution >= 4 is 56.1 Å². The first kappa shape index (κ1) is 22.6. The molecule has 0 spiro atoms. The van der Waals surface area contributed by atoms with Crippen molar-refractivity contribution in [3.63, 3.8) is 0 Å². The molecule has 2 aromatic carbocycles. The molecule has 1 unspecified atom stereocenters. The van der Waals surface area contributed by atoms with Gasteiger partial charge >= 0.3 is 0 Å². The lowest BCUT2D eigenvalue weighted by Gasteiger charge is -2.16. The second-order valence-electron chi connectivity index (χ2n) is 5.74. The van der Waals surface area contributed by atoms with E-state index in [-0.39, 0.29) is 34.6 Å². The highest BCUT2D eigenvalue weighted by Gasteiger charge is 2.24. The molecule has 0 saturated carbocycles. The number of carbonyl (C=O) groups excluding carboxylic acids is 1. The maximum absolute atomic E-state index is 12.3. The van der Waals surface area contributed by atoms with Gasteiger partial charge in [-0.1, -0.05) is 32.0 Å². The zero-order chi connectivity index (χ0) is 21.6.